The Labute approximate surface area is 179 Å². The van der Waals surface area contributed by atoms with E-state index in [2.05, 4.69) is 5.32 Å². The van der Waals surface area contributed by atoms with Crippen LogP contribution < -0.4 is 10.1 Å². The van der Waals surface area contributed by atoms with Crippen molar-refractivity contribution >= 4 is 34.3 Å². The summed E-state index contributed by atoms with van der Waals surface area (Å²) >= 11 is 0. The molecule has 3 aromatic rings. The Kier molecular flexibility index (Phi) is 5.05. The number of fused-ring (bicyclic) bond motifs is 3. The molecule has 0 saturated carbocycles. The smallest absolute Gasteiger partial charge is 0.339 e. The molecule has 31 heavy (non-hydrogen) atoms. The quantitative estimate of drug-likeness (QED) is 0.601. The molecule has 160 valence electrons. The Hall–Kier alpha value is -3.61. The largest absolute Gasteiger partial charge is 0.486 e. The van der Waals surface area contributed by atoms with Gasteiger partial charge in [-0.05, 0) is 44.5 Å². The van der Waals surface area contributed by atoms with E-state index in [4.69, 9.17) is 13.9 Å². The van der Waals surface area contributed by atoms with Gasteiger partial charge in [0.05, 0.1) is 30.3 Å². The van der Waals surface area contributed by atoms with Crippen LogP contribution in [0.1, 0.15) is 63.5 Å². The summed E-state index contributed by atoms with van der Waals surface area (Å²) in [5, 5.41) is 3.28. The van der Waals surface area contributed by atoms with Gasteiger partial charge in [0.15, 0.2) is 11.5 Å². The van der Waals surface area contributed by atoms with Crippen LogP contribution in [0.2, 0.25) is 0 Å². The van der Waals surface area contributed by atoms with Gasteiger partial charge in [0.1, 0.15) is 16.9 Å². The second-order valence-corrected chi connectivity index (χ2v) is 7.86. The van der Waals surface area contributed by atoms with Crippen LogP contribution in [0.4, 0.5) is 5.69 Å². The Morgan fingerprint density at radius 3 is 2.65 bits per heavy atom. The topological polar surface area (TPSA) is 94.8 Å². The molecule has 7 nitrogen and oxygen atoms in total. The summed E-state index contributed by atoms with van der Waals surface area (Å²) in [6.45, 7) is 5.63. The van der Waals surface area contributed by atoms with E-state index in [0.29, 0.717) is 40.0 Å². The fraction of sp³-hybridized carbons (Fsp3) is 0.292. The van der Waals surface area contributed by atoms with Crippen molar-refractivity contribution in [2.24, 2.45) is 0 Å². The number of methoxy groups -OCH3 is 1. The van der Waals surface area contributed by atoms with Gasteiger partial charge < -0.3 is 19.2 Å². The lowest BCUT2D eigenvalue weighted by molar-refractivity contribution is 0.0502. The number of aryl methyl sites for hydroxylation is 1. The van der Waals surface area contributed by atoms with E-state index in [0.717, 1.165) is 0 Å². The van der Waals surface area contributed by atoms with Gasteiger partial charge in [-0.1, -0.05) is 19.1 Å². The first-order chi connectivity index (χ1) is 14.8. The Morgan fingerprint density at radius 1 is 1.19 bits per heavy atom. The normalized spacial score (nSPS) is 17.7. The van der Waals surface area contributed by atoms with Crippen molar-refractivity contribution < 1.29 is 28.3 Å². The van der Waals surface area contributed by atoms with Gasteiger partial charge in [-0.15, -0.1) is 0 Å². The molecule has 1 aliphatic rings. The number of ketones is 1. The molecule has 1 aromatic heterocycles. The molecule has 0 aliphatic carbocycles. The van der Waals surface area contributed by atoms with E-state index in [-0.39, 0.29) is 23.5 Å². The third-order valence-electron chi connectivity index (χ3n) is 5.76. The van der Waals surface area contributed by atoms with E-state index in [9.17, 15) is 14.4 Å². The van der Waals surface area contributed by atoms with Crippen molar-refractivity contribution in [3.05, 3.63) is 58.8 Å². The average Bonchev–Trinajstić information content (AvgIpc) is 3.10. The Balaban J connectivity index is 1.75. The lowest BCUT2D eigenvalue weighted by Crippen LogP contribution is -2.38. The van der Waals surface area contributed by atoms with Gasteiger partial charge in [-0.2, -0.15) is 0 Å². The molecule has 1 amide bonds. The molecular weight excluding hydrogens is 398 g/mol. The number of Topliss-reactive ketones (excluding diaryl/α,β-unsaturated/α-hetero) is 1. The highest BCUT2D eigenvalue weighted by molar-refractivity contribution is 6.15. The zero-order chi connectivity index (χ0) is 22.3. The number of carbonyl (C=O) groups is 3. The van der Waals surface area contributed by atoms with Crippen molar-refractivity contribution in [2.45, 2.75) is 39.2 Å². The fourth-order valence-electron chi connectivity index (χ4n) is 3.89. The molecule has 0 saturated heterocycles. The highest BCUT2D eigenvalue weighted by atomic mass is 16.5. The van der Waals surface area contributed by atoms with Gasteiger partial charge in [0.25, 0.3) is 5.91 Å². The van der Waals surface area contributed by atoms with Crippen LogP contribution in [0.3, 0.4) is 0 Å². The maximum absolute atomic E-state index is 13.0. The predicted molar refractivity (Wildman–Crippen MR) is 115 cm³/mol. The minimum atomic E-state index is -0.562. The zero-order valence-electron chi connectivity index (χ0n) is 17.8. The number of anilines is 1. The minimum Gasteiger partial charge on any atom is -0.486 e. The number of hydrogen-bond acceptors (Lipinski definition) is 6. The second kappa shape index (κ2) is 7.58. The number of rotatable bonds is 4. The number of nitrogens with one attached hydrogen (secondary N) is 1. The average molecular weight is 421 g/mol. The first-order valence-corrected chi connectivity index (χ1v) is 10.0. The highest BCUT2D eigenvalue weighted by Gasteiger charge is 2.37. The molecule has 2 aromatic carbocycles. The second-order valence-electron chi connectivity index (χ2n) is 7.86. The number of ether oxygens (including phenoxy) is 2. The van der Waals surface area contributed by atoms with Gasteiger partial charge in [0, 0.05) is 10.9 Å². The lowest BCUT2D eigenvalue weighted by atomic mass is 9.87. The maximum atomic E-state index is 13.0. The summed E-state index contributed by atoms with van der Waals surface area (Å²) in [6, 6.07) is 9.95. The van der Waals surface area contributed by atoms with E-state index in [1.807, 2.05) is 13.8 Å². The number of amides is 1. The molecule has 1 N–H and O–H groups in total. The molecule has 0 bridgehead atoms. The van der Waals surface area contributed by atoms with Crippen LogP contribution in [-0.2, 0) is 4.74 Å². The molecule has 1 unspecified atom stereocenters. The minimum absolute atomic E-state index is 0.0388. The monoisotopic (exact) mass is 421 g/mol. The van der Waals surface area contributed by atoms with Gasteiger partial charge in [0.2, 0.25) is 0 Å². The van der Waals surface area contributed by atoms with Crippen molar-refractivity contribution in [1.29, 1.82) is 0 Å². The molecular formula is C24H23NO6. The lowest BCUT2D eigenvalue weighted by Gasteiger charge is -2.34. The van der Waals surface area contributed by atoms with E-state index in [1.165, 1.54) is 7.11 Å². The molecule has 4 rings (SSSR count). The van der Waals surface area contributed by atoms with Crippen LogP contribution in [0.15, 0.2) is 40.8 Å². The molecule has 0 spiro atoms. The number of esters is 1. The number of hydrogen-bond donors (Lipinski definition) is 1. The number of furan rings is 1. The first kappa shape index (κ1) is 20.7. The van der Waals surface area contributed by atoms with Crippen LogP contribution in [0.5, 0.6) is 5.75 Å². The van der Waals surface area contributed by atoms with Crippen molar-refractivity contribution in [2.75, 3.05) is 12.4 Å². The van der Waals surface area contributed by atoms with E-state index in [1.54, 1.807) is 43.3 Å². The van der Waals surface area contributed by atoms with Crippen molar-refractivity contribution in [3.63, 3.8) is 0 Å². The standard InChI is InChI=1S/C24H23NO6/c1-5-24(3)12-16(26)20-18(31-24)11-10-17-19(20)13(2)21(30-17)22(27)25-15-9-7-6-8-14(15)23(28)29-4/h6-11H,5,12H2,1-4H3,(H,25,27). The fourth-order valence-corrected chi connectivity index (χ4v) is 3.89. The molecule has 7 heteroatoms. The van der Waals surface area contributed by atoms with Crippen LogP contribution in [-0.4, -0.2) is 30.4 Å². The summed E-state index contributed by atoms with van der Waals surface area (Å²) in [4.78, 5) is 38.0. The molecule has 0 radical (unpaired) electrons. The van der Waals surface area contributed by atoms with Gasteiger partial charge >= 0.3 is 5.97 Å². The molecule has 1 aliphatic heterocycles. The third kappa shape index (κ3) is 3.46. The molecule has 1 atom stereocenters. The van der Waals surface area contributed by atoms with Crippen molar-refractivity contribution in [1.82, 2.24) is 0 Å². The van der Waals surface area contributed by atoms with E-state index >= 15 is 0 Å². The van der Waals surface area contributed by atoms with Gasteiger partial charge in [-0.3, -0.25) is 9.59 Å². The zero-order valence-corrected chi connectivity index (χ0v) is 17.8. The summed E-state index contributed by atoms with van der Waals surface area (Å²) in [6.07, 6.45) is 0.960. The predicted octanol–water partition coefficient (Wildman–Crippen LogP) is 4.91. The first-order valence-electron chi connectivity index (χ1n) is 10.0. The van der Waals surface area contributed by atoms with Crippen molar-refractivity contribution in [3.8, 4) is 5.75 Å². The third-order valence-corrected chi connectivity index (χ3v) is 5.76. The Bertz CT molecular complexity index is 1220. The van der Waals surface area contributed by atoms with Crippen LogP contribution in [0.25, 0.3) is 11.0 Å². The summed E-state index contributed by atoms with van der Waals surface area (Å²) in [7, 11) is 1.27. The summed E-state index contributed by atoms with van der Waals surface area (Å²) in [5.41, 5.74) is 1.40. The van der Waals surface area contributed by atoms with E-state index < -0.39 is 17.5 Å². The molecule has 0 fully saturated rings. The molecule has 2 heterocycles. The number of benzene rings is 2. The van der Waals surface area contributed by atoms with Crippen LogP contribution >= 0.6 is 0 Å². The van der Waals surface area contributed by atoms with Crippen LogP contribution in [0, 0.1) is 6.92 Å². The Morgan fingerprint density at radius 2 is 1.94 bits per heavy atom. The SMILES string of the molecule is CCC1(C)CC(=O)c2c(ccc3oc(C(=O)Nc4ccccc4C(=O)OC)c(C)c23)O1. The summed E-state index contributed by atoms with van der Waals surface area (Å²) in [5.74, 6) is -0.558. The van der Waals surface area contributed by atoms with Gasteiger partial charge in [-0.25, -0.2) is 4.79 Å². The summed E-state index contributed by atoms with van der Waals surface area (Å²) < 4.78 is 16.7. The number of para-hydroxylation sites is 1. The highest BCUT2D eigenvalue weighted by Crippen LogP contribution is 2.41. The number of carbonyl (C=O) groups excluding carboxylic acids is 3. The maximum Gasteiger partial charge on any atom is 0.339 e.